The van der Waals surface area contributed by atoms with Crippen LogP contribution in [0.1, 0.15) is 23.7 Å². The van der Waals surface area contributed by atoms with Crippen molar-refractivity contribution >= 4 is 28.9 Å². The zero-order valence-corrected chi connectivity index (χ0v) is 14.1. The fourth-order valence-corrected chi connectivity index (χ4v) is 2.56. The lowest BCUT2D eigenvalue weighted by molar-refractivity contribution is -0.384. The minimum Gasteiger partial charge on any atom is -0.326 e. The number of carbonyl (C=O) groups excluding carboxylic acids is 2. The van der Waals surface area contributed by atoms with Gasteiger partial charge in [-0.1, -0.05) is 19.1 Å². The quantitative estimate of drug-likeness (QED) is 0.545. The van der Waals surface area contributed by atoms with Gasteiger partial charge in [-0.2, -0.15) is 0 Å². The van der Waals surface area contributed by atoms with Crippen LogP contribution in [0, 0.1) is 22.0 Å². The van der Waals surface area contributed by atoms with Crippen molar-refractivity contribution in [2.75, 3.05) is 10.7 Å². The van der Waals surface area contributed by atoms with E-state index in [-0.39, 0.29) is 23.2 Å². The van der Waals surface area contributed by atoms with Crippen molar-refractivity contribution < 1.29 is 14.5 Å². The Labute approximate surface area is 149 Å². The van der Waals surface area contributed by atoms with Crippen LogP contribution in [-0.2, 0) is 4.79 Å². The van der Waals surface area contributed by atoms with Gasteiger partial charge in [-0.05, 0) is 42.7 Å². The van der Waals surface area contributed by atoms with Crippen LogP contribution in [0.5, 0.6) is 0 Å². The first-order chi connectivity index (χ1) is 12.5. The Bertz CT molecular complexity index is 851. The Balaban J connectivity index is 1.58. The molecule has 0 radical (unpaired) electrons. The number of nitro benzene ring substituents is 1. The van der Waals surface area contributed by atoms with Crippen molar-refractivity contribution in [1.82, 2.24) is 5.43 Å². The van der Waals surface area contributed by atoms with Gasteiger partial charge in [0, 0.05) is 23.2 Å². The summed E-state index contributed by atoms with van der Waals surface area (Å²) in [5.41, 5.74) is 6.01. The fourth-order valence-electron chi connectivity index (χ4n) is 2.56. The molecule has 0 heterocycles. The number of amides is 2. The van der Waals surface area contributed by atoms with Crippen LogP contribution in [0.3, 0.4) is 0 Å². The highest BCUT2D eigenvalue weighted by atomic mass is 16.6. The summed E-state index contributed by atoms with van der Waals surface area (Å²) in [5.74, 6) is 0.0432. The maximum absolute atomic E-state index is 12.2. The summed E-state index contributed by atoms with van der Waals surface area (Å²) >= 11 is 0. The van der Waals surface area contributed by atoms with Gasteiger partial charge in [-0.25, -0.2) is 0 Å². The number of hydrogen-bond donors (Lipinski definition) is 3. The number of rotatable bonds is 6. The minimum atomic E-state index is -0.535. The van der Waals surface area contributed by atoms with Crippen LogP contribution in [0.4, 0.5) is 17.1 Å². The van der Waals surface area contributed by atoms with Crippen LogP contribution in [0.2, 0.25) is 0 Å². The third-order valence-electron chi connectivity index (χ3n) is 4.27. The normalized spacial score (nSPS) is 17.9. The molecule has 1 aliphatic rings. The van der Waals surface area contributed by atoms with Gasteiger partial charge in [0.2, 0.25) is 5.91 Å². The first-order valence-corrected chi connectivity index (χ1v) is 8.16. The maximum atomic E-state index is 12.2. The van der Waals surface area contributed by atoms with E-state index in [1.54, 1.807) is 36.4 Å². The predicted octanol–water partition coefficient (Wildman–Crippen LogP) is 2.95. The molecule has 8 heteroatoms. The first-order valence-electron chi connectivity index (χ1n) is 8.16. The maximum Gasteiger partial charge on any atom is 0.294 e. The number of benzene rings is 2. The lowest BCUT2D eigenvalue weighted by atomic mass is 10.2. The average Bonchev–Trinajstić information content (AvgIpc) is 3.37. The molecule has 2 atom stereocenters. The highest BCUT2D eigenvalue weighted by Crippen LogP contribution is 2.38. The molecule has 3 N–H and O–H groups in total. The van der Waals surface area contributed by atoms with Crippen LogP contribution >= 0.6 is 0 Å². The molecule has 0 aliphatic heterocycles. The Kier molecular flexibility index (Phi) is 4.83. The number of anilines is 2. The molecule has 2 aromatic rings. The predicted molar refractivity (Wildman–Crippen MR) is 96.5 cm³/mol. The highest BCUT2D eigenvalue weighted by molar-refractivity contribution is 5.97. The molecule has 0 saturated heterocycles. The van der Waals surface area contributed by atoms with Crippen molar-refractivity contribution in [3.8, 4) is 0 Å². The van der Waals surface area contributed by atoms with Gasteiger partial charge in [0.05, 0.1) is 4.92 Å². The molecule has 3 rings (SSSR count). The molecule has 26 heavy (non-hydrogen) atoms. The largest absolute Gasteiger partial charge is 0.326 e. The van der Waals surface area contributed by atoms with Gasteiger partial charge in [-0.15, -0.1) is 0 Å². The van der Waals surface area contributed by atoms with Crippen LogP contribution in [0.15, 0.2) is 48.5 Å². The van der Waals surface area contributed by atoms with Gasteiger partial charge in [-0.3, -0.25) is 30.6 Å². The van der Waals surface area contributed by atoms with Gasteiger partial charge in [0.15, 0.2) is 0 Å². The Morgan fingerprint density at radius 1 is 1.12 bits per heavy atom. The molecule has 2 unspecified atom stereocenters. The summed E-state index contributed by atoms with van der Waals surface area (Å²) in [6.45, 7) is 2.03. The van der Waals surface area contributed by atoms with Crippen molar-refractivity contribution in [2.45, 2.75) is 13.3 Å². The molecule has 134 valence electrons. The lowest BCUT2D eigenvalue weighted by Crippen LogP contribution is -2.29. The molecule has 0 bridgehead atoms. The van der Waals surface area contributed by atoms with Crippen LogP contribution in [0.25, 0.3) is 0 Å². The molecule has 0 aromatic heterocycles. The monoisotopic (exact) mass is 354 g/mol. The number of nitro groups is 1. The Morgan fingerprint density at radius 3 is 2.38 bits per heavy atom. The number of nitrogens with zero attached hydrogens (tertiary/aromatic N) is 1. The second-order valence-corrected chi connectivity index (χ2v) is 6.24. The fraction of sp³-hybridized carbons (Fsp3) is 0.222. The van der Waals surface area contributed by atoms with E-state index in [0.717, 1.165) is 6.42 Å². The highest BCUT2D eigenvalue weighted by Gasteiger charge is 2.39. The number of carbonyl (C=O) groups is 2. The number of nitrogens with one attached hydrogen (secondary N) is 3. The zero-order chi connectivity index (χ0) is 18.7. The molecule has 1 fully saturated rings. The van der Waals surface area contributed by atoms with Crippen molar-refractivity contribution in [1.29, 1.82) is 0 Å². The third kappa shape index (κ3) is 3.97. The molecule has 2 aromatic carbocycles. The molecular formula is C18H18N4O4. The van der Waals surface area contributed by atoms with Gasteiger partial charge in [0.1, 0.15) is 5.69 Å². The second kappa shape index (κ2) is 7.22. The first kappa shape index (κ1) is 17.4. The van der Waals surface area contributed by atoms with E-state index < -0.39 is 10.8 Å². The molecule has 8 nitrogen and oxygen atoms in total. The van der Waals surface area contributed by atoms with Crippen LogP contribution < -0.4 is 16.2 Å². The molecule has 1 saturated carbocycles. The lowest BCUT2D eigenvalue weighted by Gasteiger charge is -2.09. The third-order valence-corrected chi connectivity index (χ3v) is 4.27. The van der Waals surface area contributed by atoms with E-state index in [4.69, 9.17) is 0 Å². The topological polar surface area (TPSA) is 113 Å². The molecular weight excluding hydrogens is 336 g/mol. The summed E-state index contributed by atoms with van der Waals surface area (Å²) in [7, 11) is 0. The summed E-state index contributed by atoms with van der Waals surface area (Å²) < 4.78 is 0. The van der Waals surface area contributed by atoms with Gasteiger partial charge in [0.25, 0.3) is 11.6 Å². The smallest absolute Gasteiger partial charge is 0.294 e. The number of para-hydroxylation sites is 2. The van der Waals surface area contributed by atoms with E-state index in [0.29, 0.717) is 17.2 Å². The van der Waals surface area contributed by atoms with Crippen LogP contribution in [-0.4, -0.2) is 16.7 Å². The van der Waals surface area contributed by atoms with E-state index in [2.05, 4.69) is 16.2 Å². The standard InChI is InChI=1S/C18H18N4O4/c1-11-10-14(11)18(24)19-13-8-6-12(7-9-13)17(23)21-20-15-4-2-3-5-16(15)22(25)26/h2-9,11,14,20H,10H2,1H3,(H,19,24)(H,21,23). The molecule has 2 amide bonds. The van der Waals surface area contributed by atoms with Gasteiger partial charge < -0.3 is 5.32 Å². The summed E-state index contributed by atoms with van der Waals surface area (Å²) in [6.07, 6.45) is 0.906. The minimum absolute atomic E-state index is 0.00671. The average molecular weight is 354 g/mol. The van der Waals surface area contributed by atoms with E-state index in [9.17, 15) is 19.7 Å². The van der Waals surface area contributed by atoms with Crippen molar-refractivity contribution in [2.24, 2.45) is 11.8 Å². The van der Waals surface area contributed by atoms with Gasteiger partial charge >= 0.3 is 0 Å². The Morgan fingerprint density at radius 2 is 1.77 bits per heavy atom. The zero-order valence-electron chi connectivity index (χ0n) is 14.1. The number of hydrazine groups is 1. The van der Waals surface area contributed by atoms with Crippen molar-refractivity contribution in [3.05, 3.63) is 64.2 Å². The molecule has 1 aliphatic carbocycles. The second-order valence-electron chi connectivity index (χ2n) is 6.24. The summed E-state index contributed by atoms with van der Waals surface area (Å²) in [6, 6.07) is 12.4. The van der Waals surface area contributed by atoms with E-state index >= 15 is 0 Å². The Hall–Kier alpha value is -3.42. The molecule has 0 spiro atoms. The number of hydrogen-bond acceptors (Lipinski definition) is 5. The van der Waals surface area contributed by atoms with E-state index in [1.807, 2.05) is 6.92 Å². The summed E-state index contributed by atoms with van der Waals surface area (Å²) in [4.78, 5) is 34.5. The van der Waals surface area contributed by atoms with Crippen molar-refractivity contribution in [3.63, 3.8) is 0 Å². The summed E-state index contributed by atoms with van der Waals surface area (Å²) in [5, 5.41) is 13.8. The van der Waals surface area contributed by atoms with E-state index in [1.165, 1.54) is 12.1 Å². The SMILES string of the molecule is CC1CC1C(=O)Nc1ccc(C(=O)NNc2ccccc2[N+](=O)[O-])cc1.